The van der Waals surface area contributed by atoms with Crippen molar-refractivity contribution in [3.8, 4) is 6.07 Å². The van der Waals surface area contributed by atoms with Gasteiger partial charge in [-0.25, -0.2) is 0 Å². The molecule has 62 valence electrons. The molecule has 0 spiro atoms. The predicted octanol–water partition coefficient (Wildman–Crippen LogP) is 1.99. The van der Waals surface area contributed by atoms with Crippen molar-refractivity contribution < 1.29 is 5.11 Å². The monoisotopic (exact) mass is 153 g/mol. The van der Waals surface area contributed by atoms with Gasteiger partial charge in [0, 0.05) is 0 Å². The molecule has 0 heterocycles. The third kappa shape index (κ3) is 2.51. The molecule has 1 aliphatic rings. The molecule has 0 atom stereocenters. The van der Waals surface area contributed by atoms with E-state index in [1.54, 1.807) is 0 Å². The second-order valence-corrected chi connectivity index (χ2v) is 3.41. The Balaban J connectivity index is 2.45. The van der Waals surface area contributed by atoms with Gasteiger partial charge in [0.25, 0.3) is 0 Å². The molecule has 0 aliphatic heterocycles. The average Bonchev–Trinajstić information content (AvgIpc) is 1.98. The highest BCUT2D eigenvalue weighted by Gasteiger charge is 2.26. The van der Waals surface area contributed by atoms with Crippen molar-refractivity contribution in [1.29, 1.82) is 5.26 Å². The number of aliphatic hydroxyl groups is 1. The summed E-state index contributed by atoms with van der Waals surface area (Å²) in [6.07, 6.45) is 6.95. The Labute approximate surface area is 67.8 Å². The summed E-state index contributed by atoms with van der Waals surface area (Å²) in [4.78, 5) is 0. The van der Waals surface area contributed by atoms with Gasteiger partial charge >= 0.3 is 0 Å². The van der Waals surface area contributed by atoms with Crippen molar-refractivity contribution in [2.75, 3.05) is 0 Å². The first-order chi connectivity index (χ1) is 5.27. The van der Waals surface area contributed by atoms with E-state index in [0.29, 0.717) is 12.8 Å². The fourth-order valence-electron chi connectivity index (χ4n) is 1.60. The van der Waals surface area contributed by atoms with Crippen LogP contribution in [-0.4, -0.2) is 10.7 Å². The van der Waals surface area contributed by atoms with E-state index in [4.69, 9.17) is 5.26 Å². The van der Waals surface area contributed by atoms with E-state index >= 15 is 0 Å². The van der Waals surface area contributed by atoms with Crippen LogP contribution in [0.15, 0.2) is 0 Å². The smallest absolute Gasteiger partial charge is 0.151 e. The van der Waals surface area contributed by atoms with Gasteiger partial charge in [-0.15, -0.1) is 0 Å². The fraction of sp³-hybridized carbons (Fsp3) is 0.889. The normalized spacial score (nSPS) is 24.7. The van der Waals surface area contributed by atoms with E-state index < -0.39 is 5.60 Å². The van der Waals surface area contributed by atoms with Gasteiger partial charge < -0.3 is 5.11 Å². The van der Waals surface area contributed by atoms with E-state index in [1.807, 2.05) is 6.07 Å². The van der Waals surface area contributed by atoms with Crippen LogP contribution in [0.3, 0.4) is 0 Å². The zero-order valence-electron chi connectivity index (χ0n) is 6.84. The van der Waals surface area contributed by atoms with Crippen molar-refractivity contribution in [3.05, 3.63) is 0 Å². The third-order valence-corrected chi connectivity index (χ3v) is 2.39. The lowest BCUT2D eigenvalue weighted by Gasteiger charge is -2.22. The van der Waals surface area contributed by atoms with Crippen molar-refractivity contribution in [1.82, 2.24) is 0 Å². The Kier molecular flexibility index (Phi) is 2.90. The van der Waals surface area contributed by atoms with Crippen LogP contribution in [0.2, 0.25) is 0 Å². The highest BCUT2D eigenvalue weighted by atomic mass is 16.3. The Hall–Kier alpha value is -0.550. The quantitative estimate of drug-likeness (QED) is 0.541. The SMILES string of the molecule is N#CC1(O)CCCCCCC1. The van der Waals surface area contributed by atoms with E-state index in [1.165, 1.54) is 19.3 Å². The van der Waals surface area contributed by atoms with Crippen LogP contribution in [0.25, 0.3) is 0 Å². The third-order valence-electron chi connectivity index (χ3n) is 2.39. The molecule has 1 fully saturated rings. The second-order valence-electron chi connectivity index (χ2n) is 3.41. The van der Waals surface area contributed by atoms with Crippen molar-refractivity contribution in [3.63, 3.8) is 0 Å². The zero-order chi connectivity index (χ0) is 8.16. The summed E-state index contributed by atoms with van der Waals surface area (Å²) in [5.41, 5.74) is -1.000. The van der Waals surface area contributed by atoms with Gasteiger partial charge in [0.1, 0.15) is 0 Å². The van der Waals surface area contributed by atoms with Crippen LogP contribution in [-0.2, 0) is 0 Å². The molecule has 0 aromatic carbocycles. The topological polar surface area (TPSA) is 44.0 Å². The van der Waals surface area contributed by atoms with Crippen LogP contribution in [0.1, 0.15) is 44.9 Å². The van der Waals surface area contributed by atoms with Crippen LogP contribution >= 0.6 is 0 Å². The fourth-order valence-corrected chi connectivity index (χ4v) is 1.60. The molecule has 0 bridgehead atoms. The lowest BCUT2D eigenvalue weighted by atomic mass is 9.88. The molecule has 0 unspecified atom stereocenters. The minimum absolute atomic E-state index is 0.670. The molecule has 0 amide bonds. The molecule has 0 aromatic heterocycles. The first-order valence-corrected chi connectivity index (χ1v) is 4.40. The second kappa shape index (κ2) is 3.73. The number of hydrogen-bond donors (Lipinski definition) is 1. The van der Waals surface area contributed by atoms with Crippen molar-refractivity contribution in [2.24, 2.45) is 0 Å². The molecule has 0 saturated heterocycles. The number of rotatable bonds is 0. The molecule has 2 heteroatoms. The van der Waals surface area contributed by atoms with Gasteiger partial charge in [-0.3, -0.25) is 0 Å². The van der Waals surface area contributed by atoms with Crippen LogP contribution < -0.4 is 0 Å². The molecular weight excluding hydrogens is 138 g/mol. The summed E-state index contributed by atoms with van der Waals surface area (Å²) < 4.78 is 0. The molecule has 0 aromatic rings. The highest BCUT2D eigenvalue weighted by molar-refractivity contribution is 4.99. The highest BCUT2D eigenvalue weighted by Crippen LogP contribution is 2.25. The maximum atomic E-state index is 9.62. The van der Waals surface area contributed by atoms with Gasteiger partial charge in [-0.05, 0) is 25.7 Å². The minimum Gasteiger partial charge on any atom is -0.375 e. The predicted molar refractivity (Wildman–Crippen MR) is 42.9 cm³/mol. The van der Waals surface area contributed by atoms with Crippen molar-refractivity contribution in [2.45, 2.75) is 50.5 Å². The Morgan fingerprint density at radius 3 is 1.91 bits per heavy atom. The summed E-state index contributed by atoms with van der Waals surface area (Å²) in [6, 6.07) is 2.00. The van der Waals surface area contributed by atoms with E-state index in [2.05, 4.69) is 0 Å². The minimum atomic E-state index is -1.000. The zero-order valence-corrected chi connectivity index (χ0v) is 6.84. The van der Waals surface area contributed by atoms with Crippen LogP contribution in [0.5, 0.6) is 0 Å². The Bertz CT molecular complexity index is 151. The molecule has 1 N–H and O–H groups in total. The van der Waals surface area contributed by atoms with Gasteiger partial charge in [-0.2, -0.15) is 5.26 Å². The maximum absolute atomic E-state index is 9.62. The standard InChI is InChI=1S/C9H15NO/c10-8-9(11)6-4-2-1-3-5-7-9/h11H,1-7H2. The number of nitriles is 1. The van der Waals surface area contributed by atoms with Gasteiger partial charge in [0.05, 0.1) is 6.07 Å². The average molecular weight is 153 g/mol. The maximum Gasteiger partial charge on any atom is 0.151 e. The molecule has 1 rings (SSSR count). The summed E-state index contributed by atoms with van der Waals surface area (Å²) in [7, 11) is 0. The van der Waals surface area contributed by atoms with E-state index in [0.717, 1.165) is 12.8 Å². The Morgan fingerprint density at radius 2 is 1.45 bits per heavy atom. The van der Waals surface area contributed by atoms with E-state index in [9.17, 15) is 5.11 Å². The molecule has 2 nitrogen and oxygen atoms in total. The summed E-state index contributed by atoms with van der Waals surface area (Å²) in [6.45, 7) is 0. The molecular formula is C9H15NO. The van der Waals surface area contributed by atoms with Crippen LogP contribution in [0.4, 0.5) is 0 Å². The van der Waals surface area contributed by atoms with E-state index in [-0.39, 0.29) is 0 Å². The summed E-state index contributed by atoms with van der Waals surface area (Å²) >= 11 is 0. The molecule has 1 saturated carbocycles. The van der Waals surface area contributed by atoms with Gasteiger partial charge in [0.15, 0.2) is 5.60 Å². The summed E-state index contributed by atoms with van der Waals surface area (Å²) in [5, 5.41) is 18.3. The van der Waals surface area contributed by atoms with Gasteiger partial charge in [0.2, 0.25) is 0 Å². The Morgan fingerprint density at radius 1 is 1.00 bits per heavy atom. The largest absolute Gasteiger partial charge is 0.375 e. The molecule has 1 aliphatic carbocycles. The van der Waals surface area contributed by atoms with Crippen molar-refractivity contribution >= 4 is 0 Å². The lowest BCUT2D eigenvalue weighted by molar-refractivity contribution is 0.0697. The lowest BCUT2D eigenvalue weighted by Crippen LogP contribution is -2.26. The molecule has 0 radical (unpaired) electrons. The first kappa shape index (κ1) is 8.55. The van der Waals surface area contributed by atoms with Crippen LogP contribution in [0, 0.1) is 11.3 Å². The molecule has 11 heavy (non-hydrogen) atoms. The first-order valence-electron chi connectivity index (χ1n) is 4.40. The number of hydrogen-bond acceptors (Lipinski definition) is 2. The number of nitrogens with zero attached hydrogens (tertiary/aromatic N) is 1. The van der Waals surface area contributed by atoms with Gasteiger partial charge in [-0.1, -0.05) is 19.3 Å². The summed E-state index contributed by atoms with van der Waals surface area (Å²) in [5.74, 6) is 0.